The lowest BCUT2D eigenvalue weighted by Crippen LogP contribution is -1.96. The van der Waals surface area contributed by atoms with Crippen LogP contribution < -0.4 is 0 Å². The van der Waals surface area contributed by atoms with Crippen molar-refractivity contribution in [1.29, 1.82) is 0 Å². The Kier molecular flexibility index (Phi) is 2.65. The van der Waals surface area contributed by atoms with Gasteiger partial charge in [0.05, 0.1) is 17.8 Å². The van der Waals surface area contributed by atoms with Crippen molar-refractivity contribution in [1.82, 2.24) is 20.0 Å². The average molecular weight is 229 g/mol. The summed E-state index contributed by atoms with van der Waals surface area (Å²) in [6, 6.07) is 3.59. The topological polar surface area (TPSA) is 43.6 Å². The van der Waals surface area contributed by atoms with Crippen LogP contribution in [0, 0.1) is 0 Å². The van der Waals surface area contributed by atoms with Crippen LogP contribution in [0.4, 0.5) is 0 Å². The second kappa shape index (κ2) is 3.94. The van der Waals surface area contributed by atoms with Crippen LogP contribution in [0.2, 0.25) is 5.15 Å². The summed E-state index contributed by atoms with van der Waals surface area (Å²) >= 11 is 11.5. The molecule has 4 nitrogen and oxygen atoms in total. The SMILES string of the molecule is ClCc1cn(-c2cccnc2Cl)nn1. The van der Waals surface area contributed by atoms with Gasteiger partial charge in [0.1, 0.15) is 5.69 Å². The van der Waals surface area contributed by atoms with Crippen LogP contribution in [0.25, 0.3) is 5.69 Å². The van der Waals surface area contributed by atoms with Crippen molar-refractivity contribution in [3.8, 4) is 5.69 Å². The molecule has 0 atom stereocenters. The lowest BCUT2D eigenvalue weighted by molar-refractivity contribution is 0.797. The molecular formula is C8H6Cl2N4. The molecule has 0 spiro atoms. The smallest absolute Gasteiger partial charge is 0.154 e. The maximum Gasteiger partial charge on any atom is 0.154 e. The quantitative estimate of drug-likeness (QED) is 0.584. The van der Waals surface area contributed by atoms with Gasteiger partial charge >= 0.3 is 0 Å². The molecule has 0 aliphatic carbocycles. The van der Waals surface area contributed by atoms with Gasteiger partial charge < -0.3 is 0 Å². The molecule has 0 unspecified atom stereocenters. The Morgan fingerprint density at radius 2 is 2.29 bits per heavy atom. The predicted molar refractivity (Wildman–Crippen MR) is 53.7 cm³/mol. The fraction of sp³-hybridized carbons (Fsp3) is 0.125. The van der Waals surface area contributed by atoms with Crippen molar-refractivity contribution in [2.24, 2.45) is 0 Å². The Balaban J connectivity index is 2.44. The van der Waals surface area contributed by atoms with E-state index in [2.05, 4.69) is 15.3 Å². The zero-order valence-corrected chi connectivity index (χ0v) is 8.57. The zero-order chi connectivity index (χ0) is 9.97. The maximum atomic E-state index is 5.88. The number of hydrogen-bond donors (Lipinski definition) is 0. The summed E-state index contributed by atoms with van der Waals surface area (Å²) in [5.41, 5.74) is 1.39. The molecule has 0 aliphatic heterocycles. The molecule has 0 amide bonds. The lowest BCUT2D eigenvalue weighted by atomic mass is 10.4. The molecular weight excluding hydrogens is 223 g/mol. The van der Waals surface area contributed by atoms with Crippen LogP contribution in [-0.2, 0) is 5.88 Å². The third-order valence-corrected chi connectivity index (χ3v) is 2.23. The van der Waals surface area contributed by atoms with Crippen LogP contribution in [0.3, 0.4) is 0 Å². The summed E-state index contributed by atoms with van der Waals surface area (Å²) < 4.78 is 1.55. The number of alkyl halides is 1. The number of pyridine rings is 1. The molecule has 0 aliphatic rings. The van der Waals surface area contributed by atoms with Gasteiger partial charge in [-0.3, -0.25) is 0 Å². The van der Waals surface area contributed by atoms with Crippen molar-refractivity contribution in [2.45, 2.75) is 5.88 Å². The molecule has 2 aromatic heterocycles. The average Bonchev–Trinajstić information content (AvgIpc) is 2.67. The molecule has 0 saturated heterocycles. The highest BCUT2D eigenvalue weighted by molar-refractivity contribution is 6.31. The molecule has 0 fully saturated rings. The summed E-state index contributed by atoms with van der Waals surface area (Å²) in [6.45, 7) is 0. The number of nitrogens with zero attached hydrogens (tertiary/aromatic N) is 4. The van der Waals surface area contributed by atoms with Gasteiger partial charge in [-0.15, -0.1) is 16.7 Å². The van der Waals surface area contributed by atoms with E-state index in [-0.39, 0.29) is 0 Å². The van der Waals surface area contributed by atoms with Crippen molar-refractivity contribution < 1.29 is 0 Å². The molecule has 14 heavy (non-hydrogen) atoms. The summed E-state index contributed by atoms with van der Waals surface area (Å²) in [7, 11) is 0. The molecule has 0 radical (unpaired) electrons. The highest BCUT2D eigenvalue weighted by atomic mass is 35.5. The summed E-state index contributed by atoms with van der Waals surface area (Å²) in [5.74, 6) is 0.331. The van der Waals surface area contributed by atoms with Gasteiger partial charge in [0.25, 0.3) is 0 Å². The minimum absolute atomic E-state index is 0.331. The Bertz CT molecular complexity index is 440. The number of halogens is 2. The number of hydrogen-bond acceptors (Lipinski definition) is 3. The van der Waals surface area contributed by atoms with Crippen molar-refractivity contribution >= 4 is 23.2 Å². The predicted octanol–water partition coefficient (Wildman–Crippen LogP) is 2.05. The minimum atomic E-state index is 0.331. The van der Waals surface area contributed by atoms with E-state index in [0.29, 0.717) is 22.4 Å². The van der Waals surface area contributed by atoms with E-state index in [4.69, 9.17) is 23.2 Å². The highest BCUT2D eigenvalue weighted by Crippen LogP contribution is 2.15. The van der Waals surface area contributed by atoms with E-state index in [0.717, 1.165) is 0 Å². The summed E-state index contributed by atoms with van der Waals surface area (Å²) in [6.07, 6.45) is 3.33. The first-order valence-electron chi connectivity index (χ1n) is 3.89. The molecule has 2 aromatic rings. The molecule has 6 heteroatoms. The van der Waals surface area contributed by atoms with Crippen LogP contribution in [0.1, 0.15) is 5.69 Å². The van der Waals surface area contributed by atoms with Gasteiger partial charge in [-0.1, -0.05) is 16.8 Å². The highest BCUT2D eigenvalue weighted by Gasteiger charge is 2.05. The number of rotatable bonds is 2. The van der Waals surface area contributed by atoms with Crippen LogP contribution >= 0.6 is 23.2 Å². The Labute approximate surface area is 90.5 Å². The van der Waals surface area contributed by atoms with E-state index in [1.165, 1.54) is 0 Å². The van der Waals surface area contributed by atoms with Crippen LogP contribution in [0.15, 0.2) is 24.5 Å². The summed E-state index contributed by atoms with van der Waals surface area (Å²) in [4.78, 5) is 3.93. The number of aromatic nitrogens is 4. The standard InChI is InChI=1S/C8H6Cl2N4/c9-4-6-5-14(13-12-6)7-2-1-3-11-8(7)10/h1-3,5H,4H2. The minimum Gasteiger partial charge on any atom is -0.242 e. The fourth-order valence-corrected chi connectivity index (χ4v) is 1.35. The monoisotopic (exact) mass is 228 g/mol. The largest absolute Gasteiger partial charge is 0.242 e. The summed E-state index contributed by atoms with van der Waals surface area (Å²) in [5, 5.41) is 8.11. The van der Waals surface area contributed by atoms with Gasteiger partial charge in [0.2, 0.25) is 0 Å². The van der Waals surface area contributed by atoms with Crippen LogP contribution in [-0.4, -0.2) is 20.0 Å². The third kappa shape index (κ3) is 1.71. The van der Waals surface area contributed by atoms with E-state index >= 15 is 0 Å². The van der Waals surface area contributed by atoms with E-state index in [1.54, 1.807) is 23.1 Å². The van der Waals surface area contributed by atoms with Crippen molar-refractivity contribution in [3.63, 3.8) is 0 Å². The van der Waals surface area contributed by atoms with Gasteiger partial charge in [-0.05, 0) is 12.1 Å². The molecule has 0 aromatic carbocycles. The van der Waals surface area contributed by atoms with Crippen LogP contribution in [0.5, 0.6) is 0 Å². The molecule has 0 bridgehead atoms. The first-order chi connectivity index (χ1) is 6.81. The molecule has 0 N–H and O–H groups in total. The van der Waals surface area contributed by atoms with E-state index < -0.39 is 0 Å². The second-order valence-electron chi connectivity index (χ2n) is 2.60. The molecule has 0 saturated carbocycles. The van der Waals surface area contributed by atoms with Gasteiger partial charge in [0, 0.05) is 6.20 Å². The van der Waals surface area contributed by atoms with E-state index in [1.807, 2.05) is 6.07 Å². The van der Waals surface area contributed by atoms with Gasteiger partial charge in [-0.2, -0.15) is 0 Å². The third-order valence-electron chi connectivity index (χ3n) is 1.66. The normalized spacial score (nSPS) is 10.4. The van der Waals surface area contributed by atoms with Gasteiger partial charge in [0.15, 0.2) is 5.15 Å². The van der Waals surface area contributed by atoms with Crippen molar-refractivity contribution in [2.75, 3.05) is 0 Å². The Morgan fingerprint density at radius 1 is 1.43 bits per heavy atom. The molecule has 2 heterocycles. The Hall–Kier alpha value is -1.13. The maximum absolute atomic E-state index is 5.88. The first kappa shape index (κ1) is 9.43. The molecule has 2 rings (SSSR count). The molecule has 72 valence electrons. The Morgan fingerprint density at radius 3 is 2.93 bits per heavy atom. The van der Waals surface area contributed by atoms with E-state index in [9.17, 15) is 0 Å². The van der Waals surface area contributed by atoms with Crippen molar-refractivity contribution in [3.05, 3.63) is 35.4 Å². The second-order valence-corrected chi connectivity index (χ2v) is 3.23. The first-order valence-corrected chi connectivity index (χ1v) is 4.80. The lowest BCUT2D eigenvalue weighted by Gasteiger charge is -1.99. The zero-order valence-electron chi connectivity index (χ0n) is 7.06. The van der Waals surface area contributed by atoms with Gasteiger partial charge in [-0.25, -0.2) is 9.67 Å². The fourth-order valence-electron chi connectivity index (χ4n) is 1.03.